The summed E-state index contributed by atoms with van der Waals surface area (Å²) in [6.45, 7) is 1.85. The van der Waals surface area contributed by atoms with Gasteiger partial charge in [-0.05, 0) is 37.3 Å². The Morgan fingerprint density at radius 3 is 2.82 bits per heavy atom. The molecule has 0 amide bonds. The fourth-order valence-electron chi connectivity index (χ4n) is 2.44. The maximum Gasteiger partial charge on any atom is 0.322 e. The van der Waals surface area contributed by atoms with Crippen LogP contribution in [0.5, 0.6) is 0 Å². The van der Waals surface area contributed by atoms with Crippen molar-refractivity contribution in [3.8, 4) is 0 Å². The van der Waals surface area contributed by atoms with Gasteiger partial charge in [-0.1, -0.05) is 24.3 Å². The van der Waals surface area contributed by atoms with Crippen LogP contribution in [0.15, 0.2) is 24.3 Å². The highest BCUT2D eigenvalue weighted by molar-refractivity contribution is 5.75. The van der Waals surface area contributed by atoms with Crippen molar-refractivity contribution < 1.29 is 9.53 Å². The average Bonchev–Trinajstić information content (AvgIpc) is 2.37. The van der Waals surface area contributed by atoms with E-state index >= 15 is 0 Å². The molecule has 92 valence electrons. The Kier molecular flexibility index (Phi) is 3.79. The third kappa shape index (κ3) is 2.86. The molecule has 2 atom stereocenters. The Bertz CT molecular complexity index is 403. The first-order valence-corrected chi connectivity index (χ1v) is 6.11. The summed E-state index contributed by atoms with van der Waals surface area (Å²) in [6, 6.07) is 8.67. The van der Waals surface area contributed by atoms with Crippen LogP contribution < -0.4 is 5.32 Å². The van der Waals surface area contributed by atoms with Gasteiger partial charge in [0.1, 0.15) is 6.04 Å². The number of aryl methyl sites for hydroxylation is 1. The molecule has 1 unspecified atom stereocenters. The Balaban J connectivity index is 1.96. The van der Waals surface area contributed by atoms with Gasteiger partial charge >= 0.3 is 5.97 Å². The number of carbonyl (C=O) groups excluding carboxylic acids is 1. The number of rotatable bonds is 3. The predicted octanol–water partition coefficient (Wildman–Crippen LogP) is 1.69. The van der Waals surface area contributed by atoms with Crippen LogP contribution in [0.2, 0.25) is 0 Å². The summed E-state index contributed by atoms with van der Waals surface area (Å²) in [6.07, 6.45) is 3.16. The summed E-state index contributed by atoms with van der Waals surface area (Å²) in [5, 5.41) is 3.34. The Hall–Kier alpha value is -1.35. The maximum absolute atomic E-state index is 11.3. The van der Waals surface area contributed by atoms with Crippen molar-refractivity contribution in [3.05, 3.63) is 35.4 Å². The molecule has 1 aliphatic carbocycles. The van der Waals surface area contributed by atoms with E-state index in [0.717, 1.165) is 19.3 Å². The van der Waals surface area contributed by atoms with Crippen molar-refractivity contribution in [3.63, 3.8) is 0 Å². The lowest BCUT2D eigenvalue weighted by molar-refractivity contribution is -0.142. The lowest BCUT2D eigenvalue weighted by atomic mass is 9.88. The van der Waals surface area contributed by atoms with E-state index in [2.05, 4.69) is 29.6 Å². The first kappa shape index (κ1) is 12.1. The van der Waals surface area contributed by atoms with Gasteiger partial charge in [-0.3, -0.25) is 4.79 Å². The average molecular weight is 233 g/mol. The third-order valence-electron chi connectivity index (χ3n) is 3.39. The Morgan fingerprint density at radius 2 is 2.12 bits per heavy atom. The van der Waals surface area contributed by atoms with Crippen molar-refractivity contribution in [1.29, 1.82) is 0 Å². The van der Waals surface area contributed by atoms with Crippen LogP contribution in [0.3, 0.4) is 0 Å². The smallest absolute Gasteiger partial charge is 0.322 e. The van der Waals surface area contributed by atoms with E-state index in [0.29, 0.717) is 6.04 Å². The zero-order valence-corrected chi connectivity index (χ0v) is 10.4. The van der Waals surface area contributed by atoms with Crippen molar-refractivity contribution in [2.24, 2.45) is 0 Å². The Morgan fingerprint density at radius 1 is 1.41 bits per heavy atom. The molecule has 3 nitrogen and oxygen atoms in total. The van der Waals surface area contributed by atoms with Crippen LogP contribution in [-0.4, -0.2) is 25.2 Å². The summed E-state index contributed by atoms with van der Waals surface area (Å²) in [4.78, 5) is 11.3. The molecule has 0 radical (unpaired) electrons. The van der Waals surface area contributed by atoms with Crippen LogP contribution in [0, 0.1) is 0 Å². The molecule has 0 saturated heterocycles. The molecule has 0 spiro atoms. The number of hydrogen-bond donors (Lipinski definition) is 1. The molecule has 0 fully saturated rings. The first-order valence-electron chi connectivity index (χ1n) is 6.11. The van der Waals surface area contributed by atoms with Crippen molar-refractivity contribution in [2.45, 2.75) is 38.3 Å². The zero-order valence-electron chi connectivity index (χ0n) is 10.4. The molecule has 0 bridgehead atoms. The highest BCUT2D eigenvalue weighted by atomic mass is 16.5. The van der Waals surface area contributed by atoms with E-state index in [1.165, 1.54) is 18.2 Å². The van der Waals surface area contributed by atoms with Gasteiger partial charge in [0.2, 0.25) is 0 Å². The highest BCUT2D eigenvalue weighted by Crippen LogP contribution is 2.21. The van der Waals surface area contributed by atoms with Gasteiger partial charge < -0.3 is 10.1 Å². The van der Waals surface area contributed by atoms with Gasteiger partial charge in [-0.15, -0.1) is 0 Å². The molecule has 17 heavy (non-hydrogen) atoms. The molecule has 3 heteroatoms. The van der Waals surface area contributed by atoms with Gasteiger partial charge in [-0.2, -0.15) is 0 Å². The number of fused-ring (bicyclic) bond motifs is 1. The van der Waals surface area contributed by atoms with Crippen LogP contribution in [0.1, 0.15) is 24.5 Å². The first-order chi connectivity index (χ1) is 8.20. The Labute approximate surface area is 102 Å². The van der Waals surface area contributed by atoms with E-state index in [1.54, 1.807) is 0 Å². The van der Waals surface area contributed by atoms with Crippen molar-refractivity contribution in [1.82, 2.24) is 5.32 Å². The number of hydrogen-bond acceptors (Lipinski definition) is 3. The minimum absolute atomic E-state index is 0.191. The van der Waals surface area contributed by atoms with Crippen molar-refractivity contribution in [2.75, 3.05) is 7.11 Å². The number of nitrogens with one attached hydrogen (secondary N) is 1. The number of ether oxygens (including phenoxy) is 1. The standard InChI is InChI=1S/C14H19NO2/c1-10(14(16)17-2)15-13-8-7-11-5-3-4-6-12(11)9-13/h3-6,10,13,15H,7-9H2,1-2H3/t10-,13?/m0/s1. The molecule has 0 aliphatic heterocycles. The molecule has 1 aliphatic rings. The van der Waals surface area contributed by atoms with Crippen LogP contribution >= 0.6 is 0 Å². The van der Waals surface area contributed by atoms with Crippen LogP contribution in [0.4, 0.5) is 0 Å². The summed E-state index contributed by atoms with van der Waals surface area (Å²) < 4.78 is 4.72. The number of carbonyl (C=O) groups is 1. The fourth-order valence-corrected chi connectivity index (χ4v) is 2.44. The minimum atomic E-state index is -0.227. The summed E-state index contributed by atoms with van der Waals surface area (Å²) >= 11 is 0. The summed E-state index contributed by atoms with van der Waals surface area (Å²) in [5.41, 5.74) is 2.84. The SMILES string of the molecule is COC(=O)[C@H](C)NC1CCc2ccccc2C1. The zero-order chi connectivity index (χ0) is 12.3. The topological polar surface area (TPSA) is 38.3 Å². The molecule has 0 aromatic heterocycles. The van der Waals surface area contributed by atoms with Crippen LogP contribution in [0.25, 0.3) is 0 Å². The fraction of sp³-hybridized carbons (Fsp3) is 0.500. The van der Waals surface area contributed by atoms with E-state index in [1.807, 2.05) is 6.92 Å². The van der Waals surface area contributed by atoms with Gasteiger partial charge in [0.15, 0.2) is 0 Å². The monoisotopic (exact) mass is 233 g/mol. The second-order valence-electron chi connectivity index (χ2n) is 4.62. The lowest BCUT2D eigenvalue weighted by Gasteiger charge is -2.27. The predicted molar refractivity (Wildman–Crippen MR) is 66.9 cm³/mol. The second kappa shape index (κ2) is 5.32. The molecule has 2 rings (SSSR count). The van der Waals surface area contributed by atoms with E-state index < -0.39 is 0 Å². The second-order valence-corrected chi connectivity index (χ2v) is 4.62. The van der Waals surface area contributed by atoms with Gasteiger partial charge in [0.05, 0.1) is 7.11 Å². The van der Waals surface area contributed by atoms with Gasteiger partial charge in [0, 0.05) is 6.04 Å². The molecule has 1 N–H and O–H groups in total. The molecule has 1 aromatic rings. The summed E-state index contributed by atoms with van der Waals surface area (Å²) in [5.74, 6) is -0.191. The van der Waals surface area contributed by atoms with E-state index in [-0.39, 0.29) is 12.0 Å². The molecule has 1 aromatic carbocycles. The van der Waals surface area contributed by atoms with Crippen molar-refractivity contribution >= 4 is 5.97 Å². The van der Waals surface area contributed by atoms with E-state index in [4.69, 9.17) is 4.74 Å². The minimum Gasteiger partial charge on any atom is -0.468 e. The lowest BCUT2D eigenvalue weighted by Crippen LogP contribution is -2.44. The molecular formula is C14H19NO2. The normalized spacial score (nSPS) is 20.5. The quantitative estimate of drug-likeness (QED) is 0.807. The third-order valence-corrected chi connectivity index (χ3v) is 3.39. The number of esters is 1. The van der Waals surface area contributed by atoms with Crippen LogP contribution in [-0.2, 0) is 22.4 Å². The van der Waals surface area contributed by atoms with Gasteiger partial charge in [-0.25, -0.2) is 0 Å². The van der Waals surface area contributed by atoms with E-state index in [9.17, 15) is 4.79 Å². The number of methoxy groups -OCH3 is 1. The number of benzene rings is 1. The van der Waals surface area contributed by atoms with Gasteiger partial charge in [0.25, 0.3) is 0 Å². The summed E-state index contributed by atoms with van der Waals surface area (Å²) in [7, 11) is 1.43. The molecule has 0 heterocycles. The molecule has 0 saturated carbocycles. The molecular weight excluding hydrogens is 214 g/mol. The highest BCUT2D eigenvalue weighted by Gasteiger charge is 2.22. The largest absolute Gasteiger partial charge is 0.468 e. The maximum atomic E-state index is 11.3.